The SMILES string of the molecule is Cc1[nH]ncc1CNc1ccnc2cc(Br)cnc12. The van der Waals surface area contributed by atoms with E-state index in [4.69, 9.17) is 0 Å². The predicted octanol–water partition coefficient (Wildman–Crippen LogP) is 3.04. The summed E-state index contributed by atoms with van der Waals surface area (Å²) in [4.78, 5) is 8.72. The van der Waals surface area contributed by atoms with E-state index in [1.807, 2.05) is 25.3 Å². The molecular weight excluding hydrogens is 306 g/mol. The van der Waals surface area contributed by atoms with Crippen molar-refractivity contribution in [2.45, 2.75) is 13.5 Å². The number of hydrogen-bond donors (Lipinski definition) is 2. The van der Waals surface area contributed by atoms with Gasteiger partial charge in [-0.15, -0.1) is 0 Å². The monoisotopic (exact) mass is 317 g/mol. The highest BCUT2D eigenvalue weighted by Gasteiger charge is 2.05. The van der Waals surface area contributed by atoms with E-state index in [9.17, 15) is 0 Å². The standard InChI is InChI=1S/C13H12BrN5/c1-8-9(6-18-19-8)5-16-11-2-3-15-12-4-10(14)7-17-13(11)12/h2-4,6-7H,5H2,1H3,(H,15,16)(H,18,19). The van der Waals surface area contributed by atoms with Crippen LogP contribution in [0.5, 0.6) is 0 Å². The van der Waals surface area contributed by atoms with Crippen molar-refractivity contribution in [1.82, 2.24) is 20.2 Å². The highest BCUT2D eigenvalue weighted by Crippen LogP contribution is 2.22. The molecule has 0 atom stereocenters. The first-order chi connectivity index (χ1) is 9.24. The Labute approximate surface area is 118 Å². The number of aromatic amines is 1. The summed E-state index contributed by atoms with van der Waals surface area (Å²) in [6.45, 7) is 2.71. The summed E-state index contributed by atoms with van der Waals surface area (Å²) in [5.74, 6) is 0. The van der Waals surface area contributed by atoms with Gasteiger partial charge in [0.25, 0.3) is 0 Å². The molecule has 0 saturated carbocycles. The molecule has 0 saturated heterocycles. The third-order valence-electron chi connectivity index (χ3n) is 2.95. The van der Waals surface area contributed by atoms with Crippen LogP contribution >= 0.6 is 15.9 Å². The van der Waals surface area contributed by atoms with Gasteiger partial charge in [-0.05, 0) is 35.0 Å². The molecule has 96 valence electrons. The summed E-state index contributed by atoms with van der Waals surface area (Å²) >= 11 is 3.40. The van der Waals surface area contributed by atoms with Gasteiger partial charge in [0.1, 0.15) is 5.52 Å². The first-order valence-corrected chi connectivity index (χ1v) is 6.66. The van der Waals surface area contributed by atoms with Gasteiger partial charge < -0.3 is 5.32 Å². The second kappa shape index (κ2) is 4.97. The van der Waals surface area contributed by atoms with E-state index in [1.165, 1.54) is 0 Å². The maximum absolute atomic E-state index is 4.41. The molecule has 3 rings (SSSR count). The molecule has 3 aromatic heterocycles. The number of H-pyrrole nitrogens is 1. The third-order valence-corrected chi connectivity index (χ3v) is 3.38. The van der Waals surface area contributed by atoms with Crippen LogP contribution in [-0.2, 0) is 6.54 Å². The number of pyridine rings is 2. The average molecular weight is 318 g/mol. The number of aryl methyl sites for hydroxylation is 1. The van der Waals surface area contributed by atoms with E-state index < -0.39 is 0 Å². The van der Waals surface area contributed by atoms with E-state index in [-0.39, 0.29) is 0 Å². The summed E-state index contributed by atoms with van der Waals surface area (Å²) < 4.78 is 0.926. The van der Waals surface area contributed by atoms with Crippen molar-refractivity contribution in [3.63, 3.8) is 0 Å². The van der Waals surface area contributed by atoms with Crippen molar-refractivity contribution in [3.8, 4) is 0 Å². The molecule has 0 unspecified atom stereocenters. The number of aromatic nitrogens is 4. The van der Waals surface area contributed by atoms with Crippen molar-refractivity contribution in [3.05, 3.63) is 46.5 Å². The molecule has 0 aliphatic carbocycles. The first kappa shape index (κ1) is 12.1. The highest BCUT2D eigenvalue weighted by atomic mass is 79.9. The van der Waals surface area contributed by atoms with E-state index in [1.54, 1.807) is 12.4 Å². The Morgan fingerprint density at radius 3 is 3.00 bits per heavy atom. The fraction of sp³-hybridized carbons (Fsp3) is 0.154. The van der Waals surface area contributed by atoms with Crippen molar-refractivity contribution in [2.24, 2.45) is 0 Å². The van der Waals surface area contributed by atoms with Crippen LogP contribution in [0.2, 0.25) is 0 Å². The van der Waals surface area contributed by atoms with Gasteiger partial charge in [-0.25, -0.2) is 0 Å². The second-order valence-electron chi connectivity index (χ2n) is 4.25. The van der Waals surface area contributed by atoms with Gasteiger partial charge in [0.2, 0.25) is 0 Å². The number of halogens is 1. The van der Waals surface area contributed by atoms with Gasteiger partial charge in [-0.1, -0.05) is 0 Å². The number of hydrogen-bond acceptors (Lipinski definition) is 4. The van der Waals surface area contributed by atoms with Gasteiger partial charge in [0.05, 0.1) is 17.4 Å². The first-order valence-electron chi connectivity index (χ1n) is 5.87. The average Bonchev–Trinajstić information content (AvgIpc) is 2.81. The molecule has 0 fully saturated rings. The van der Waals surface area contributed by atoms with E-state index in [2.05, 4.69) is 41.4 Å². The van der Waals surface area contributed by atoms with Crippen molar-refractivity contribution >= 4 is 32.7 Å². The number of nitrogens with zero attached hydrogens (tertiary/aromatic N) is 3. The number of anilines is 1. The zero-order valence-corrected chi connectivity index (χ0v) is 11.9. The van der Waals surface area contributed by atoms with Gasteiger partial charge >= 0.3 is 0 Å². The molecule has 19 heavy (non-hydrogen) atoms. The Bertz CT molecular complexity index is 722. The van der Waals surface area contributed by atoms with E-state index in [0.717, 1.165) is 32.5 Å². The minimum absolute atomic E-state index is 0.708. The lowest BCUT2D eigenvalue weighted by Gasteiger charge is -2.08. The molecular formula is C13H12BrN5. The normalized spacial score (nSPS) is 10.8. The number of rotatable bonds is 3. The van der Waals surface area contributed by atoms with Crippen molar-refractivity contribution in [2.75, 3.05) is 5.32 Å². The van der Waals surface area contributed by atoms with Crippen LogP contribution in [0, 0.1) is 6.92 Å². The Kier molecular flexibility index (Phi) is 3.16. The van der Waals surface area contributed by atoms with Gasteiger partial charge in [0.15, 0.2) is 0 Å². The van der Waals surface area contributed by atoms with Gasteiger partial charge in [-0.2, -0.15) is 5.10 Å². The third kappa shape index (κ3) is 2.44. The molecule has 0 bridgehead atoms. The van der Waals surface area contributed by atoms with Crippen molar-refractivity contribution in [1.29, 1.82) is 0 Å². The van der Waals surface area contributed by atoms with E-state index in [0.29, 0.717) is 6.54 Å². The molecule has 0 amide bonds. The largest absolute Gasteiger partial charge is 0.379 e. The summed E-state index contributed by atoms with van der Waals surface area (Å²) in [6.07, 6.45) is 5.38. The molecule has 6 heteroatoms. The molecule has 0 aromatic carbocycles. The lowest BCUT2D eigenvalue weighted by atomic mass is 10.2. The van der Waals surface area contributed by atoms with Crippen LogP contribution in [0.4, 0.5) is 5.69 Å². The smallest absolute Gasteiger partial charge is 0.112 e. The fourth-order valence-electron chi connectivity index (χ4n) is 1.89. The maximum atomic E-state index is 4.41. The predicted molar refractivity (Wildman–Crippen MR) is 77.9 cm³/mol. The second-order valence-corrected chi connectivity index (χ2v) is 5.17. The van der Waals surface area contributed by atoms with Crippen LogP contribution in [0.25, 0.3) is 11.0 Å². The molecule has 2 N–H and O–H groups in total. The molecule has 0 spiro atoms. The topological polar surface area (TPSA) is 66.5 Å². The Morgan fingerprint density at radius 1 is 1.32 bits per heavy atom. The Hall–Kier alpha value is -1.95. The molecule has 3 aromatic rings. The number of fused-ring (bicyclic) bond motifs is 1. The summed E-state index contributed by atoms with van der Waals surface area (Å²) in [6, 6.07) is 3.88. The van der Waals surface area contributed by atoms with Crippen LogP contribution in [-0.4, -0.2) is 20.2 Å². The van der Waals surface area contributed by atoms with Crippen LogP contribution in [0.3, 0.4) is 0 Å². The fourth-order valence-corrected chi connectivity index (χ4v) is 2.21. The summed E-state index contributed by atoms with van der Waals surface area (Å²) in [7, 11) is 0. The molecule has 0 aliphatic heterocycles. The Morgan fingerprint density at radius 2 is 2.21 bits per heavy atom. The molecule has 3 heterocycles. The van der Waals surface area contributed by atoms with Gasteiger partial charge in [0, 0.05) is 34.7 Å². The highest BCUT2D eigenvalue weighted by molar-refractivity contribution is 9.10. The van der Waals surface area contributed by atoms with Crippen LogP contribution in [0.1, 0.15) is 11.3 Å². The summed E-state index contributed by atoms with van der Waals surface area (Å²) in [5.41, 5.74) is 4.91. The lowest BCUT2D eigenvalue weighted by molar-refractivity contribution is 1.04. The van der Waals surface area contributed by atoms with Crippen LogP contribution < -0.4 is 5.32 Å². The molecule has 0 radical (unpaired) electrons. The number of nitrogens with one attached hydrogen (secondary N) is 2. The molecule has 5 nitrogen and oxygen atoms in total. The van der Waals surface area contributed by atoms with E-state index >= 15 is 0 Å². The maximum Gasteiger partial charge on any atom is 0.112 e. The zero-order valence-electron chi connectivity index (χ0n) is 10.3. The van der Waals surface area contributed by atoms with Crippen molar-refractivity contribution < 1.29 is 0 Å². The summed E-state index contributed by atoms with van der Waals surface area (Å²) in [5, 5.41) is 10.3. The van der Waals surface area contributed by atoms with Crippen LogP contribution in [0.15, 0.2) is 35.2 Å². The zero-order chi connectivity index (χ0) is 13.2. The molecule has 0 aliphatic rings. The minimum Gasteiger partial charge on any atom is -0.379 e. The minimum atomic E-state index is 0.708. The lowest BCUT2D eigenvalue weighted by Crippen LogP contribution is -2.01. The quantitative estimate of drug-likeness (QED) is 0.779. The van der Waals surface area contributed by atoms with Gasteiger partial charge in [-0.3, -0.25) is 15.1 Å². The Balaban J connectivity index is 1.91.